The number of hydrogen-bond acceptors (Lipinski definition) is 4. The Morgan fingerprint density at radius 3 is 2.45 bits per heavy atom. The Bertz CT molecular complexity index is 1090. The van der Waals surface area contributed by atoms with Crippen LogP contribution < -0.4 is 14.8 Å². The van der Waals surface area contributed by atoms with Gasteiger partial charge in [0.05, 0.1) is 7.11 Å². The maximum Gasteiger partial charge on any atom is 0.261 e. The first-order valence-corrected chi connectivity index (χ1v) is 11.3. The number of methoxy groups -OCH3 is 1. The average molecular weight is 449 g/mol. The molecule has 33 heavy (non-hydrogen) atoms. The molecule has 0 aliphatic rings. The molecule has 6 nitrogen and oxygen atoms in total. The minimum atomic E-state index is -0.609. The van der Waals surface area contributed by atoms with E-state index in [0.29, 0.717) is 17.9 Å². The molecule has 3 rings (SSSR count). The highest BCUT2D eigenvalue weighted by molar-refractivity contribution is 5.90. The molecule has 1 atom stereocenters. The summed E-state index contributed by atoms with van der Waals surface area (Å²) in [4.78, 5) is 27.9. The standard InChI is InChI=1S/C27H32N2O4/c1-5-24(27(31)28-19(2)3)29(17-20-10-8-13-22(16-20)32-4)26(30)18-33-25-15-9-12-21-11-6-7-14-23(21)25/h6-16,19,24H,5,17-18H2,1-4H3,(H,28,31)/t24-/m1/s1. The van der Waals surface area contributed by atoms with E-state index in [1.807, 2.05) is 87.5 Å². The lowest BCUT2D eigenvalue weighted by atomic mass is 10.1. The number of amides is 2. The molecule has 3 aromatic rings. The SMILES string of the molecule is CC[C@H](C(=O)NC(C)C)N(Cc1cccc(OC)c1)C(=O)COc1cccc2ccccc12. The highest BCUT2D eigenvalue weighted by atomic mass is 16.5. The highest BCUT2D eigenvalue weighted by Crippen LogP contribution is 2.25. The molecule has 0 bridgehead atoms. The molecule has 0 aliphatic heterocycles. The lowest BCUT2D eigenvalue weighted by molar-refractivity contribution is -0.143. The molecule has 0 heterocycles. The van der Waals surface area contributed by atoms with Crippen LogP contribution in [-0.4, -0.2) is 42.5 Å². The fourth-order valence-corrected chi connectivity index (χ4v) is 3.81. The van der Waals surface area contributed by atoms with E-state index in [4.69, 9.17) is 9.47 Å². The van der Waals surface area contributed by atoms with Crippen LogP contribution in [-0.2, 0) is 16.1 Å². The van der Waals surface area contributed by atoms with Gasteiger partial charge >= 0.3 is 0 Å². The molecule has 0 radical (unpaired) electrons. The van der Waals surface area contributed by atoms with Gasteiger partial charge in [0.15, 0.2) is 6.61 Å². The number of rotatable bonds is 10. The largest absolute Gasteiger partial charge is 0.497 e. The summed E-state index contributed by atoms with van der Waals surface area (Å²) in [5.74, 6) is 0.916. The molecule has 0 aliphatic carbocycles. The molecule has 0 fully saturated rings. The van der Waals surface area contributed by atoms with Gasteiger partial charge in [-0.15, -0.1) is 0 Å². The molecule has 174 valence electrons. The van der Waals surface area contributed by atoms with E-state index in [0.717, 1.165) is 16.3 Å². The third-order valence-electron chi connectivity index (χ3n) is 5.40. The van der Waals surface area contributed by atoms with Gasteiger partial charge in [0.2, 0.25) is 5.91 Å². The van der Waals surface area contributed by atoms with Gasteiger partial charge in [0.1, 0.15) is 17.5 Å². The molecule has 0 saturated carbocycles. The smallest absolute Gasteiger partial charge is 0.261 e. The van der Waals surface area contributed by atoms with Crippen molar-refractivity contribution in [1.29, 1.82) is 0 Å². The lowest BCUT2D eigenvalue weighted by Gasteiger charge is -2.31. The Labute approximate surface area is 195 Å². The third kappa shape index (κ3) is 6.25. The number of benzene rings is 3. The zero-order valence-corrected chi connectivity index (χ0v) is 19.7. The van der Waals surface area contributed by atoms with Crippen LogP contribution in [0.2, 0.25) is 0 Å². The molecule has 0 saturated heterocycles. The fraction of sp³-hybridized carbons (Fsp3) is 0.333. The second-order valence-electron chi connectivity index (χ2n) is 8.23. The summed E-state index contributed by atoms with van der Waals surface area (Å²) >= 11 is 0. The predicted octanol–water partition coefficient (Wildman–Crippen LogP) is 4.56. The summed E-state index contributed by atoms with van der Waals surface area (Å²) in [6.45, 7) is 5.83. The molecule has 1 N–H and O–H groups in total. The van der Waals surface area contributed by atoms with E-state index in [1.54, 1.807) is 12.0 Å². The number of fused-ring (bicyclic) bond motifs is 1. The minimum absolute atomic E-state index is 0.0211. The van der Waals surface area contributed by atoms with E-state index in [2.05, 4.69) is 5.32 Å². The van der Waals surface area contributed by atoms with Crippen molar-refractivity contribution >= 4 is 22.6 Å². The van der Waals surface area contributed by atoms with Crippen molar-refractivity contribution in [2.45, 2.75) is 45.8 Å². The van der Waals surface area contributed by atoms with Gasteiger partial charge in [0, 0.05) is 18.0 Å². The van der Waals surface area contributed by atoms with Crippen LogP contribution in [0.15, 0.2) is 66.7 Å². The van der Waals surface area contributed by atoms with Crippen molar-refractivity contribution in [3.05, 3.63) is 72.3 Å². The van der Waals surface area contributed by atoms with Gasteiger partial charge in [-0.1, -0.05) is 55.5 Å². The number of carbonyl (C=O) groups is 2. The maximum absolute atomic E-state index is 13.4. The number of carbonyl (C=O) groups excluding carboxylic acids is 2. The Balaban J connectivity index is 1.84. The summed E-state index contributed by atoms with van der Waals surface area (Å²) in [6.07, 6.45) is 0.489. The normalized spacial score (nSPS) is 11.8. The van der Waals surface area contributed by atoms with Gasteiger partial charge in [-0.25, -0.2) is 0 Å². The monoisotopic (exact) mass is 448 g/mol. The number of nitrogens with one attached hydrogen (secondary N) is 1. The maximum atomic E-state index is 13.4. The van der Waals surface area contributed by atoms with Crippen LogP contribution in [0.1, 0.15) is 32.8 Å². The van der Waals surface area contributed by atoms with Crippen LogP contribution in [0.5, 0.6) is 11.5 Å². The van der Waals surface area contributed by atoms with Crippen molar-refractivity contribution < 1.29 is 19.1 Å². The van der Waals surface area contributed by atoms with Crippen LogP contribution in [0.25, 0.3) is 10.8 Å². The van der Waals surface area contributed by atoms with Crippen LogP contribution in [0.3, 0.4) is 0 Å². The van der Waals surface area contributed by atoms with Crippen molar-refractivity contribution in [3.63, 3.8) is 0 Å². The second kappa shape index (κ2) is 11.4. The topological polar surface area (TPSA) is 67.9 Å². The predicted molar refractivity (Wildman–Crippen MR) is 130 cm³/mol. The van der Waals surface area contributed by atoms with Crippen LogP contribution >= 0.6 is 0 Å². The molecular weight excluding hydrogens is 416 g/mol. The highest BCUT2D eigenvalue weighted by Gasteiger charge is 2.29. The minimum Gasteiger partial charge on any atom is -0.497 e. The summed E-state index contributed by atoms with van der Waals surface area (Å²) in [5, 5.41) is 4.92. The first-order valence-electron chi connectivity index (χ1n) is 11.3. The molecule has 0 aromatic heterocycles. The molecule has 6 heteroatoms. The van der Waals surface area contributed by atoms with Gasteiger partial charge < -0.3 is 19.7 Å². The summed E-state index contributed by atoms with van der Waals surface area (Å²) in [5.41, 5.74) is 0.878. The van der Waals surface area contributed by atoms with E-state index >= 15 is 0 Å². The third-order valence-corrected chi connectivity index (χ3v) is 5.40. The second-order valence-corrected chi connectivity index (χ2v) is 8.23. The average Bonchev–Trinajstić information content (AvgIpc) is 2.82. The fourth-order valence-electron chi connectivity index (χ4n) is 3.81. The van der Waals surface area contributed by atoms with E-state index in [1.165, 1.54) is 0 Å². The van der Waals surface area contributed by atoms with Crippen molar-refractivity contribution in [2.24, 2.45) is 0 Å². The number of ether oxygens (including phenoxy) is 2. The Hall–Kier alpha value is -3.54. The van der Waals surface area contributed by atoms with E-state index in [-0.39, 0.29) is 31.0 Å². The molecular formula is C27H32N2O4. The quantitative estimate of drug-likeness (QED) is 0.494. The van der Waals surface area contributed by atoms with Crippen molar-refractivity contribution in [1.82, 2.24) is 10.2 Å². The number of nitrogens with zero attached hydrogens (tertiary/aromatic N) is 1. The Kier molecular flexibility index (Phi) is 8.30. The first-order chi connectivity index (χ1) is 15.9. The van der Waals surface area contributed by atoms with Crippen molar-refractivity contribution in [3.8, 4) is 11.5 Å². The molecule has 3 aromatic carbocycles. The molecule has 2 amide bonds. The van der Waals surface area contributed by atoms with E-state index < -0.39 is 6.04 Å². The Morgan fingerprint density at radius 2 is 1.73 bits per heavy atom. The summed E-state index contributed by atoms with van der Waals surface area (Å²) in [6, 6.07) is 20.5. The number of hydrogen-bond donors (Lipinski definition) is 1. The van der Waals surface area contributed by atoms with Gasteiger partial charge in [0.25, 0.3) is 5.91 Å². The zero-order chi connectivity index (χ0) is 23.8. The van der Waals surface area contributed by atoms with E-state index in [9.17, 15) is 9.59 Å². The summed E-state index contributed by atoms with van der Waals surface area (Å²) in [7, 11) is 1.60. The Morgan fingerprint density at radius 1 is 1.00 bits per heavy atom. The lowest BCUT2D eigenvalue weighted by Crippen LogP contribution is -2.51. The van der Waals surface area contributed by atoms with Crippen LogP contribution in [0, 0.1) is 0 Å². The van der Waals surface area contributed by atoms with Gasteiger partial charge in [-0.3, -0.25) is 9.59 Å². The zero-order valence-electron chi connectivity index (χ0n) is 19.7. The van der Waals surface area contributed by atoms with Gasteiger partial charge in [-0.2, -0.15) is 0 Å². The summed E-state index contributed by atoms with van der Waals surface area (Å²) < 4.78 is 11.3. The van der Waals surface area contributed by atoms with Crippen molar-refractivity contribution in [2.75, 3.05) is 13.7 Å². The molecule has 0 unspecified atom stereocenters. The first kappa shape index (κ1) is 24.1. The van der Waals surface area contributed by atoms with Gasteiger partial charge in [-0.05, 0) is 49.4 Å². The van der Waals surface area contributed by atoms with Crippen LogP contribution in [0.4, 0.5) is 0 Å². The molecule has 0 spiro atoms.